The van der Waals surface area contributed by atoms with Crippen molar-refractivity contribution in [2.24, 2.45) is 5.92 Å². The molecule has 1 atom stereocenters. The first kappa shape index (κ1) is 17.3. The summed E-state index contributed by atoms with van der Waals surface area (Å²) in [6, 6.07) is 9.16. The summed E-state index contributed by atoms with van der Waals surface area (Å²) in [4.78, 5) is 16.9. The van der Waals surface area contributed by atoms with Crippen molar-refractivity contribution in [3.8, 4) is 0 Å². The minimum Gasteiger partial charge on any atom is -0.334 e. The Kier molecular flexibility index (Phi) is 5.77. The Morgan fingerprint density at radius 2 is 1.75 bits per heavy atom. The number of benzene rings is 1. The van der Waals surface area contributed by atoms with E-state index in [-0.39, 0.29) is 6.03 Å². The maximum atomic E-state index is 12.6. The zero-order valence-electron chi connectivity index (χ0n) is 15.1. The molecule has 132 valence electrons. The predicted molar refractivity (Wildman–Crippen MR) is 97.8 cm³/mol. The highest BCUT2D eigenvalue weighted by molar-refractivity contribution is 5.74. The number of urea groups is 1. The number of rotatable bonds is 5. The SMILES string of the molecule is CN(C)Cc1ccc(CNC(=O)N2CCCC2C2CCCC2)cc1. The summed E-state index contributed by atoms with van der Waals surface area (Å²) in [5, 5.41) is 3.13. The van der Waals surface area contributed by atoms with Crippen LogP contribution in [0.15, 0.2) is 24.3 Å². The van der Waals surface area contributed by atoms with Crippen LogP contribution < -0.4 is 5.32 Å². The van der Waals surface area contributed by atoms with E-state index in [2.05, 4.69) is 53.5 Å². The van der Waals surface area contributed by atoms with E-state index >= 15 is 0 Å². The summed E-state index contributed by atoms with van der Waals surface area (Å²) in [5.74, 6) is 0.739. The number of nitrogens with zero attached hydrogens (tertiary/aromatic N) is 2. The predicted octanol–water partition coefficient (Wildman–Crippen LogP) is 3.61. The van der Waals surface area contributed by atoms with E-state index in [1.807, 2.05) is 0 Å². The molecule has 4 nitrogen and oxygen atoms in total. The number of hydrogen-bond acceptors (Lipinski definition) is 2. The average molecular weight is 329 g/mol. The van der Waals surface area contributed by atoms with Crippen molar-refractivity contribution in [3.63, 3.8) is 0 Å². The highest BCUT2D eigenvalue weighted by Gasteiger charge is 2.35. The number of carbonyl (C=O) groups excluding carboxylic acids is 1. The molecule has 0 radical (unpaired) electrons. The first-order chi connectivity index (χ1) is 11.6. The van der Waals surface area contributed by atoms with E-state index < -0.39 is 0 Å². The molecule has 4 heteroatoms. The van der Waals surface area contributed by atoms with Gasteiger partial charge in [0.05, 0.1) is 0 Å². The lowest BCUT2D eigenvalue weighted by Gasteiger charge is -2.29. The molecule has 2 amide bonds. The Morgan fingerprint density at radius 3 is 2.42 bits per heavy atom. The molecule has 3 rings (SSSR count). The monoisotopic (exact) mass is 329 g/mol. The van der Waals surface area contributed by atoms with Gasteiger partial charge in [0.1, 0.15) is 0 Å². The Morgan fingerprint density at radius 1 is 1.08 bits per heavy atom. The first-order valence-corrected chi connectivity index (χ1v) is 9.40. The lowest BCUT2D eigenvalue weighted by atomic mass is 9.96. The molecular formula is C20H31N3O. The highest BCUT2D eigenvalue weighted by Crippen LogP contribution is 2.35. The van der Waals surface area contributed by atoms with Gasteiger partial charge in [-0.15, -0.1) is 0 Å². The second-order valence-electron chi connectivity index (χ2n) is 7.66. The van der Waals surface area contributed by atoms with Crippen molar-refractivity contribution in [1.82, 2.24) is 15.1 Å². The van der Waals surface area contributed by atoms with E-state index in [1.165, 1.54) is 43.2 Å². The van der Waals surface area contributed by atoms with Crippen LogP contribution in [0.1, 0.15) is 49.7 Å². The van der Waals surface area contributed by atoms with E-state index in [1.54, 1.807) is 0 Å². The molecule has 24 heavy (non-hydrogen) atoms. The molecule has 0 aromatic heterocycles. The molecule has 2 fully saturated rings. The molecular weight excluding hydrogens is 298 g/mol. The standard InChI is InChI=1S/C20H31N3O/c1-22(2)15-17-11-9-16(10-12-17)14-21-20(24)23-13-5-8-19(23)18-6-3-4-7-18/h9-12,18-19H,3-8,13-15H2,1-2H3,(H,21,24). The molecule has 1 aliphatic heterocycles. The largest absolute Gasteiger partial charge is 0.334 e. The number of likely N-dealkylation sites (tertiary alicyclic amines) is 1. The summed E-state index contributed by atoms with van der Waals surface area (Å²) < 4.78 is 0. The van der Waals surface area contributed by atoms with Gasteiger partial charge < -0.3 is 15.1 Å². The maximum Gasteiger partial charge on any atom is 0.317 e. The number of amides is 2. The molecule has 1 N–H and O–H groups in total. The fourth-order valence-electron chi connectivity index (χ4n) is 4.28. The average Bonchev–Trinajstić information content (AvgIpc) is 3.24. The van der Waals surface area contributed by atoms with Crippen LogP contribution in [0.2, 0.25) is 0 Å². The normalized spacial score (nSPS) is 21.6. The van der Waals surface area contributed by atoms with Crippen molar-refractivity contribution in [2.45, 2.75) is 57.7 Å². The minimum atomic E-state index is 0.127. The van der Waals surface area contributed by atoms with Crippen LogP contribution in [0, 0.1) is 5.92 Å². The molecule has 1 saturated heterocycles. The van der Waals surface area contributed by atoms with Gasteiger partial charge in [-0.3, -0.25) is 0 Å². The van der Waals surface area contributed by atoms with Crippen LogP contribution in [0.5, 0.6) is 0 Å². The fraction of sp³-hybridized carbons (Fsp3) is 0.650. The second-order valence-corrected chi connectivity index (χ2v) is 7.66. The Balaban J connectivity index is 1.51. The third kappa shape index (κ3) is 4.29. The molecule has 1 aromatic rings. The molecule has 1 unspecified atom stereocenters. The molecule has 2 aliphatic rings. The lowest BCUT2D eigenvalue weighted by Crippen LogP contribution is -2.45. The Labute approximate surface area is 146 Å². The number of nitrogens with one attached hydrogen (secondary N) is 1. The van der Waals surface area contributed by atoms with E-state index in [0.717, 1.165) is 25.4 Å². The molecule has 0 spiro atoms. The Bertz CT molecular complexity index is 534. The van der Waals surface area contributed by atoms with Crippen LogP contribution in [-0.2, 0) is 13.1 Å². The smallest absolute Gasteiger partial charge is 0.317 e. The quantitative estimate of drug-likeness (QED) is 0.896. The third-order valence-electron chi connectivity index (χ3n) is 5.47. The van der Waals surface area contributed by atoms with Crippen LogP contribution >= 0.6 is 0 Å². The van der Waals surface area contributed by atoms with Crippen molar-refractivity contribution < 1.29 is 4.79 Å². The van der Waals surface area contributed by atoms with Crippen LogP contribution in [0.4, 0.5) is 4.79 Å². The van der Waals surface area contributed by atoms with Gasteiger partial charge in [0.2, 0.25) is 0 Å². The molecule has 1 heterocycles. The summed E-state index contributed by atoms with van der Waals surface area (Å²) in [6.45, 7) is 2.49. The van der Waals surface area contributed by atoms with Crippen molar-refractivity contribution >= 4 is 6.03 Å². The molecule has 1 aromatic carbocycles. The van der Waals surface area contributed by atoms with E-state index in [9.17, 15) is 4.79 Å². The van der Waals surface area contributed by atoms with Gasteiger partial charge in [0, 0.05) is 25.7 Å². The second kappa shape index (κ2) is 8.02. The minimum absolute atomic E-state index is 0.127. The summed E-state index contributed by atoms with van der Waals surface area (Å²) in [5.41, 5.74) is 2.47. The van der Waals surface area contributed by atoms with Gasteiger partial charge in [-0.25, -0.2) is 4.79 Å². The van der Waals surface area contributed by atoms with Gasteiger partial charge in [0.25, 0.3) is 0 Å². The van der Waals surface area contributed by atoms with Crippen LogP contribution in [0.25, 0.3) is 0 Å². The van der Waals surface area contributed by atoms with Gasteiger partial charge in [-0.05, 0) is 56.8 Å². The zero-order valence-corrected chi connectivity index (χ0v) is 15.1. The molecule has 0 bridgehead atoms. The summed E-state index contributed by atoms with van der Waals surface area (Å²) in [6.07, 6.45) is 7.65. The van der Waals surface area contributed by atoms with Crippen molar-refractivity contribution in [2.75, 3.05) is 20.6 Å². The summed E-state index contributed by atoms with van der Waals surface area (Å²) >= 11 is 0. The van der Waals surface area contributed by atoms with Crippen LogP contribution in [-0.4, -0.2) is 42.5 Å². The zero-order chi connectivity index (χ0) is 16.9. The Hall–Kier alpha value is -1.55. The third-order valence-corrected chi connectivity index (χ3v) is 5.47. The van der Waals surface area contributed by atoms with Gasteiger partial charge >= 0.3 is 6.03 Å². The van der Waals surface area contributed by atoms with E-state index in [0.29, 0.717) is 12.6 Å². The lowest BCUT2D eigenvalue weighted by molar-refractivity contribution is 0.172. The van der Waals surface area contributed by atoms with E-state index in [4.69, 9.17) is 0 Å². The van der Waals surface area contributed by atoms with Gasteiger partial charge in [0.15, 0.2) is 0 Å². The maximum absolute atomic E-state index is 12.6. The van der Waals surface area contributed by atoms with Crippen molar-refractivity contribution in [3.05, 3.63) is 35.4 Å². The molecule has 1 aliphatic carbocycles. The fourth-order valence-corrected chi connectivity index (χ4v) is 4.28. The highest BCUT2D eigenvalue weighted by atomic mass is 16.2. The van der Waals surface area contributed by atoms with Gasteiger partial charge in [-0.1, -0.05) is 37.1 Å². The molecule has 1 saturated carbocycles. The summed E-state index contributed by atoms with van der Waals surface area (Å²) in [7, 11) is 4.15. The van der Waals surface area contributed by atoms with Crippen LogP contribution in [0.3, 0.4) is 0 Å². The van der Waals surface area contributed by atoms with Crippen molar-refractivity contribution in [1.29, 1.82) is 0 Å². The number of hydrogen-bond donors (Lipinski definition) is 1. The topological polar surface area (TPSA) is 35.6 Å². The van der Waals surface area contributed by atoms with Gasteiger partial charge in [-0.2, -0.15) is 0 Å². The first-order valence-electron chi connectivity index (χ1n) is 9.40. The number of carbonyl (C=O) groups is 1.